The summed E-state index contributed by atoms with van der Waals surface area (Å²) in [5, 5.41) is 2.97. The highest BCUT2D eigenvalue weighted by Gasteiger charge is 2.31. The average Bonchev–Trinajstić information content (AvgIpc) is 3.24. The number of hydrogen-bond donors (Lipinski definition) is 1. The SMILES string of the molecule is CC(C)C(=O)N1CCn2cc(CC(=O)NCC3CC3)nc2C1C. The van der Waals surface area contributed by atoms with Crippen LogP contribution in [0.4, 0.5) is 0 Å². The fourth-order valence-electron chi connectivity index (χ4n) is 3.07. The first-order chi connectivity index (χ1) is 11.0. The quantitative estimate of drug-likeness (QED) is 0.895. The average molecular weight is 318 g/mol. The number of nitrogens with one attached hydrogen (secondary N) is 1. The van der Waals surface area contributed by atoms with Crippen molar-refractivity contribution in [2.75, 3.05) is 13.1 Å². The van der Waals surface area contributed by atoms with Gasteiger partial charge in [0, 0.05) is 31.7 Å². The smallest absolute Gasteiger partial charge is 0.226 e. The third kappa shape index (κ3) is 3.57. The topological polar surface area (TPSA) is 67.2 Å². The second kappa shape index (κ2) is 6.34. The van der Waals surface area contributed by atoms with Gasteiger partial charge in [-0.25, -0.2) is 4.98 Å². The predicted octanol–water partition coefficient (Wildman–Crippen LogP) is 1.51. The highest BCUT2D eigenvalue weighted by molar-refractivity contribution is 5.79. The van der Waals surface area contributed by atoms with Crippen molar-refractivity contribution in [2.24, 2.45) is 11.8 Å². The van der Waals surface area contributed by atoms with Gasteiger partial charge in [0.2, 0.25) is 11.8 Å². The van der Waals surface area contributed by atoms with Crippen LogP contribution < -0.4 is 5.32 Å². The van der Waals surface area contributed by atoms with Crippen molar-refractivity contribution in [3.05, 3.63) is 17.7 Å². The molecule has 1 aliphatic carbocycles. The van der Waals surface area contributed by atoms with Gasteiger partial charge in [0.1, 0.15) is 5.82 Å². The van der Waals surface area contributed by atoms with E-state index < -0.39 is 0 Å². The van der Waals surface area contributed by atoms with Gasteiger partial charge in [-0.1, -0.05) is 13.8 Å². The molecule has 3 rings (SSSR count). The van der Waals surface area contributed by atoms with Crippen LogP contribution in [0.25, 0.3) is 0 Å². The molecule has 0 aromatic carbocycles. The summed E-state index contributed by atoms with van der Waals surface area (Å²) in [5.74, 6) is 1.76. The van der Waals surface area contributed by atoms with Crippen molar-refractivity contribution in [1.29, 1.82) is 0 Å². The first-order valence-electron chi connectivity index (χ1n) is 8.59. The first-order valence-corrected chi connectivity index (χ1v) is 8.59. The van der Waals surface area contributed by atoms with Gasteiger partial charge in [0.05, 0.1) is 18.2 Å². The lowest BCUT2D eigenvalue weighted by atomic mass is 10.1. The third-order valence-electron chi connectivity index (χ3n) is 4.68. The van der Waals surface area contributed by atoms with Gasteiger partial charge < -0.3 is 14.8 Å². The van der Waals surface area contributed by atoms with E-state index >= 15 is 0 Å². The van der Waals surface area contributed by atoms with E-state index in [0.29, 0.717) is 18.9 Å². The zero-order valence-electron chi connectivity index (χ0n) is 14.2. The molecule has 1 aromatic rings. The molecular weight excluding hydrogens is 292 g/mol. The molecule has 2 heterocycles. The number of hydrogen-bond acceptors (Lipinski definition) is 3. The van der Waals surface area contributed by atoms with Crippen LogP contribution in [-0.2, 0) is 22.6 Å². The lowest BCUT2D eigenvalue weighted by molar-refractivity contribution is -0.137. The standard InChI is InChI=1S/C17H26N4O2/c1-11(2)17(23)21-7-6-20-10-14(19-16(20)12(21)3)8-15(22)18-9-13-4-5-13/h10-13H,4-9H2,1-3H3,(H,18,22). The van der Waals surface area contributed by atoms with Gasteiger partial charge in [0.15, 0.2) is 0 Å². The van der Waals surface area contributed by atoms with Crippen LogP contribution in [0.5, 0.6) is 0 Å². The first kappa shape index (κ1) is 16.0. The Morgan fingerprint density at radius 3 is 2.74 bits per heavy atom. The normalized spacial score (nSPS) is 20.5. The molecule has 0 spiro atoms. The van der Waals surface area contributed by atoms with E-state index in [4.69, 9.17) is 0 Å². The molecule has 0 saturated heterocycles. The van der Waals surface area contributed by atoms with Gasteiger partial charge in [-0.2, -0.15) is 0 Å². The Balaban J connectivity index is 1.65. The number of nitrogens with zero attached hydrogens (tertiary/aromatic N) is 3. The Morgan fingerprint density at radius 2 is 2.09 bits per heavy atom. The molecule has 1 N–H and O–H groups in total. The van der Waals surface area contributed by atoms with Crippen LogP contribution in [0.2, 0.25) is 0 Å². The molecule has 0 bridgehead atoms. The highest BCUT2D eigenvalue weighted by Crippen LogP contribution is 2.28. The largest absolute Gasteiger partial charge is 0.355 e. The molecule has 1 fully saturated rings. The molecule has 1 atom stereocenters. The van der Waals surface area contributed by atoms with Crippen LogP contribution in [-0.4, -0.2) is 39.4 Å². The molecule has 23 heavy (non-hydrogen) atoms. The monoisotopic (exact) mass is 318 g/mol. The molecule has 1 saturated carbocycles. The summed E-state index contributed by atoms with van der Waals surface area (Å²) in [5.41, 5.74) is 0.791. The van der Waals surface area contributed by atoms with E-state index in [2.05, 4.69) is 14.9 Å². The maximum absolute atomic E-state index is 12.3. The number of imidazole rings is 1. The molecule has 1 unspecified atom stereocenters. The van der Waals surface area contributed by atoms with Gasteiger partial charge >= 0.3 is 0 Å². The van der Waals surface area contributed by atoms with Gasteiger partial charge in [-0.15, -0.1) is 0 Å². The molecule has 1 aromatic heterocycles. The van der Waals surface area contributed by atoms with E-state index in [9.17, 15) is 9.59 Å². The maximum atomic E-state index is 12.3. The summed E-state index contributed by atoms with van der Waals surface area (Å²) in [7, 11) is 0. The van der Waals surface area contributed by atoms with Crippen molar-refractivity contribution in [3.63, 3.8) is 0 Å². The lowest BCUT2D eigenvalue weighted by Crippen LogP contribution is -2.42. The lowest BCUT2D eigenvalue weighted by Gasteiger charge is -2.34. The van der Waals surface area contributed by atoms with E-state index in [-0.39, 0.29) is 23.8 Å². The zero-order chi connectivity index (χ0) is 16.6. The minimum Gasteiger partial charge on any atom is -0.355 e. The summed E-state index contributed by atoms with van der Waals surface area (Å²) in [6, 6.07) is -0.0399. The molecule has 0 radical (unpaired) electrons. The molecule has 2 aliphatic rings. The van der Waals surface area contributed by atoms with E-state index in [1.54, 1.807) is 0 Å². The number of amides is 2. The Hall–Kier alpha value is -1.85. The predicted molar refractivity (Wildman–Crippen MR) is 86.6 cm³/mol. The number of rotatable bonds is 5. The summed E-state index contributed by atoms with van der Waals surface area (Å²) in [6.07, 6.45) is 4.74. The molecule has 6 heteroatoms. The molecule has 1 aliphatic heterocycles. The molecule has 2 amide bonds. The number of fused-ring (bicyclic) bond motifs is 1. The summed E-state index contributed by atoms with van der Waals surface area (Å²) in [6.45, 7) is 8.09. The van der Waals surface area contributed by atoms with Crippen LogP contribution in [0.3, 0.4) is 0 Å². The molecular formula is C17H26N4O2. The van der Waals surface area contributed by atoms with Crippen molar-refractivity contribution in [2.45, 2.75) is 52.6 Å². The molecule has 126 valence electrons. The summed E-state index contributed by atoms with van der Waals surface area (Å²) in [4.78, 5) is 30.8. The van der Waals surface area contributed by atoms with Crippen LogP contribution in [0.1, 0.15) is 51.2 Å². The molecule has 6 nitrogen and oxygen atoms in total. The van der Waals surface area contributed by atoms with Gasteiger partial charge in [-0.05, 0) is 25.7 Å². The van der Waals surface area contributed by atoms with Gasteiger partial charge in [-0.3, -0.25) is 9.59 Å². The summed E-state index contributed by atoms with van der Waals surface area (Å²) >= 11 is 0. The fourth-order valence-corrected chi connectivity index (χ4v) is 3.07. The second-order valence-electron chi connectivity index (χ2n) is 7.07. The number of carbonyl (C=O) groups is 2. The van der Waals surface area contributed by atoms with E-state index in [0.717, 1.165) is 24.6 Å². The Kier molecular flexibility index (Phi) is 4.41. The Labute approximate surface area is 137 Å². The fraction of sp³-hybridized carbons (Fsp3) is 0.706. The second-order valence-corrected chi connectivity index (χ2v) is 7.07. The van der Waals surface area contributed by atoms with Crippen LogP contribution in [0, 0.1) is 11.8 Å². The van der Waals surface area contributed by atoms with E-state index in [1.165, 1.54) is 12.8 Å². The Morgan fingerprint density at radius 1 is 1.35 bits per heavy atom. The Bertz CT molecular complexity index is 604. The summed E-state index contributed by atoms with van der Waals surface area (Å²) < 4.78 is 2.08. The van der Waals surface area contributed by atoms with Crippen LogP contribution in [0.15, 0.2) is 6.20 Å². The van der Waals surface area contributed by atoms with Crippen molar-refractivity contribution < 1.29 is 9.59 Å². The maximum Gasteiger partial charge on any atom is 0.226 e. The van der Waals surface area contributed by atoms with Crippen molar-refractivity contribution in [3.8, 4) is 0 Å². The third-order valence-corrected chi connectivity index (χ3v) is 4.68. The van der Waals surface area contributed by atoms with Crippen molar-refractivity contribution in [1.82, 2.24) is 19.8 Å². The highest BCUT2D eigenvalue weighted by atomic mass is 16.2. The minimum atomic E-state index is -0.0399. The number of aromatic nitrogens is 2. The van der Waals surface area contributed by atoms with Gasteiger partial charge in [0.25, 0.3) is 0 Å². The van der Waals surface area contributed by atoms with Crippen molar-refractivity contribution >= 4 is 11.8 Å². The minimum absolute atomic E-state index is 0.00775. The van der Waals surface area contributed by atoms with E-state index in [1.807, 2.05) is 31.9 Å². The van der Waals surface area contributed by atoms with Crippen LogP contribution >= 0.6 is 0 Å². The zero-order valence-corrected chi connectivity index (χ0v) is 14.2. The number of carbonyl (C=O) groups excluding carboxylic acids is 2.